The van der Waals surface area contributed by atoms with Crippen molar-refractivity contribution in [1.29, 1.82) is 0 Å². The van der Waals surface area contributed by atoms with Gasteiger partial charge in [0.05, 0.1) is 11.2 Å². The van der Waals surface area contributed by atoms with Gasteiger partial charge in [0, 0.05) is 35.7 Å². The summed E-state index contributed by atoms with van der Waals surface area (Å²) in [6.07, 6.45) is 0. The van der Waals surface area contributed by atoms with Crippen LogP contribution in [-0.4, -0.2) is 9.38 Å². The fraction of sp³-hybridized carbons (Fsp3) is 0. The molecule has 0 aliphatic heterocycles. The van der Waals surface area contributed by atoms with E-state index in [1.54, 1.807) is 0 Å². The number of hydrogen-bond donors (Lipinski definition) is 0. The number of rotatable bonds is 0. The first-order chi connectivity index (χ1) is 11.9. The number of fused-ring (bicyclic) bond motifs is 10. The Kier molecular flexibility index (Phi) is 3.23. The summed E-state index contributed by atoms with van der Waals surface area (Å²) in [4.78, 5) is 6.23. The Morgan fingerprint density at radius 2 is 1.60 bits per heavy atom. The van der Waals surface area contributed by atoms with E-state index in [4.69, 9.17) is 4.98 Å². The van der Waals surface area contributed by atoms with Gasteiger partial charge in [-0.3, -0.25) is 4.98 Å². The van der Waals surface area contributed by atoms with Crippen molar-refractivity contribution in [3.8, 4) is 0 Å². The third kappa shape index (κ3) is 1.90. The van der Waals surface area contributed by atoms with Gasteiger partial charge in [0.15, 0.2) is 0 Å². The van der Waals surface area contributed by atoms with Crippen molar-refractivity contribution in [2.24, 2.45) is 0 Å². The summed E-state index contributed by atoms with van der Waals surface area (Å²) >= 11 is 1.81. The van der Waals surface area contributed by atoms with Crippen LogP contribution in [0.1, 0.15) is 0 Å². The molecule has 6 rings (SSSR count). The summed E-state index contributed by atoms with van der Waals surface area (Å²) in [5.41, 5.74) is 3.29. The molecule has 0 bridgehead atoms. The maximum absolute atomic E-state index is 5.02. The fourth-order valence-corrected chi connectivity index (χ4v) is 4.82. The number of nitrogens with zero attached hydrogens (tertiary/aromatic N) is 2. The minimum atomic E-state index is 0. The predicted octanol–water partition coefficient (Wildman–Crippen LogP) is 5.81. The molecule has 3 aromatic carbocycles. The van der Waals surface area contributed by atoms with Crippen molar-refractivity contribution in [3.05, 3.63) is 72.8 Å². The molecule has 3 heterocycles. The van der Waals surface area contributed by atoms with Crippen LogP contribution in [0.15, 0.2) is 66.7 Å². The van der Waals surface area contributed by atoms with Gasteiger partial charge in [-0.05, 0) is 17.5 Å². The summed E-state index contributed by atoms with van der Waals surface area (Å²) < 4.78 is 3.58. The van der Waals surface area contributed by atoms with Crippen LogP contribution in [0.4, 0.5) is 0 Å². The summed E-state index contributed by atoms with van der Waals surface area (Å²) in [6, 6.07) is 26.6. The summed E-state index contributed by atoms with van der Waals surface area (Å²) in [5, 5.41) is 4.77. The van der Waals surface area contributed by atoms with Crippen molar-refractivity contribution in [1.82, 2.24) is 9.38 Å². The standard InChI is InChI=1S/C21H11N2S.Ir/c1-2-9-15-13(7-1)14-8-3-5-11-17(14)23-20(15)22-19-16-10-4-6-12-18(16)24-21(19)23;/h1-8,10-12H;/q-1;. The van der Waals surface area contributed by atoms with Crippen LogP contribution in [0.3, 0.4) is 0 Å². The average Bonchev–Trinajstić information content (AvgIpc) is 3.18. The quantitative estimate of drug-likeness (QED) is 0.184. The number of benzene rings is 3. The zero-order chi connectivity index (χ0) is 15.7. The fourth-order valence-electron chi connectivity index (χ4n) is 3.66. The van der Waals surface area contributed by atoms with Gasteiger partial charge in [0.25, 0.3) is 0 Å². The first kappa shape index (κ1) is 15.0. The van der Waals surface area contributed by atoms with E-state index in [0.29, 0.717) is 0 Å². The molecular weight excluding hydrogens is 505 g/mol. The first-order valence-electron chi connectivity index (χ1n) is 7.92. The summed E-state index contributed by atoms with van der Waals surface area (Å²) in [5.74, 6) is 0. The minimum Gasteiger partial charge on any atom is -0.325 e. The van der Waals surface area contributed by atoms with Crippen molar-refractivity contribution >= 4 is 59.1 Å². The maximum Gasteiger partial charge on any atom is 0.119 e. The van der Waals surface area contributed by atoms with Crippen molar-refractivity contribution in [2.45, 2.75) is 0 Å². The largest absolute Gasteiger partial charge is 0.325 e. The van der Waals surface area contributed by atoms with Gasteiger partial charge < -0.3 is 4.40 Å². The molecule has 0 unspecified atom stereocenters. The maximum atomic E-state index is 5.02. The SMILES string of the molecule is [Ir].[c-]1cccc2c1c1nc3c4ccccc4sc3n1c1ccccc21. The molecule has 6 aromatic rings. The molecule has 4 heteroatoms. The second-order valence-electron chi connectivity index (χ2n) is 6.00. The van der Waals surface area contributed by atoms with Gasteiger partial charge in [-0.2, -0.15) is 0 Å². The van der Waals surface area contributed by atoms with Crippen LogP contribution in [0, 0.1) is 6.07 Å². The Hall–Kier alpha value is -2.26. The Balaban J connectivity index is 0.00000140. The number of imidazole rings is 1. The number of thiophene rings is 1. The number of hydrogen-bond acceptors (Lipinski definition) is 2. The van der Waals surface area contributed by atoms with Gasteiger partial charge in [-0.15, -0.1) is 41.0 Å². The van der Waals surface area contributed by atoms with E-state index in [-0.39, 0.29) is 20.1 Å². The Bertz CT molecular complexity index is 1410. The van der Waals surface area contributed by atoms with E-state index < -0.39 is 0 Å². The minimum absolute atomic E-state index is 0. The number of pyridine rings is 1. The molecule has 0 aliphatic rings. The van der Waals surface area contributed by atoms with E-state index in [9.17, 15) is 0 Å². The third-order valence-electron chi connectivity index (χ3n) is 4.70. The zero-order valence-corrected chi connectivity index (χ0v) is 16.2. The Morgan fingerprint density at radius 1 is 0.840 bits per heavy atom. The molecular formula is C21H11IrN2S-. The Morgan fingerprint density at radius 3 is 2.52 bits per heavy atom. The van der Waals surface area contributed by atoms with Gasteiger partial charge >= 0.3 is 0 Å². The van der Waals surface area contributed by atoms with Crippen LogP contribution in [0.25, 0.3) is 47.8 Å². The van der Waals surface area contributed by atoms with E-state index in [0.717, 1.165) is 16.6 Å². The molecule has 0 saturated carbocycles. The predicted molar refractivity (Wildman–Crippen MR) is 102 cm³/mol. The van der Waals surface area contributed by atoms with Crippen LogP contribution in [0.2, 0.25) is 0 Å². The second kappa shape index (κ2) is 5.37. The van der Waals surface area contributed by atoms with E-state index >= 15 is 0 Å². The van der Waals surface area contributed by atoms with Crippen molar-refractivity contribution < 1.29 is 20.1 Å². The Labute approximate surface area is 161 Å². The van der Waals surface area contributed by atoms with Crippen molar-refractivity contribution in [3.63, 3.8) is 0 Å². The molecule has 0 aliphatic carbocycles. The van der Waals surface area contributed by atoms with Gasteiger partial charge in [-0.1, -0.05) is 41.8 Å². The van der Waals surface area contributed by atoms with Crippen LogP contribution < -0.4 is 0 Å². The monoisotopic (exact) mass is 516 g/mol. The molecule has 0 fully saturated rings. The molecule has 2 nitrogen and oxygen atoms in total. The van der Waals surface area contributed by atoms with Crippen LogP contribution in [-0.2, 0) is 20.1 Å². The zero-order valence-electron chi connectivity index (χ0n) is 13.0. The molecule has 1 radical (unpaired) electrons. The van der Waals surface area contributed by atoms with Crippen LogP contribution in [0.5, 0.6) is 0 Å². The summed E-state index contributed by atoms with van der Waals surface area (Å²) in [7, 11) is 0. The molecule has 0 spiro atoms. The third-order valence-corrected chi connectivity index (χ3v) is 5.84. The molecule has 3 aromatic heterocycles. The smallest absolute Gasteiger partial charge is 0.119 e. The van der Waals surface area contributed by atoms with Gasteiger partial charge in [0.2, 0.25) is 0 Å². The number of aromatic nitrogens is 2. The molecule has 0 amide bonds. The molecule has 0 saturated heterocycles. The van der Waals surface area contributed by atoms with Gasteiger partial charge in [0.1, 0.15) is 4.83 Å². The molecule has 121 valence electrons. The topological polar surface area (TPSA) is 17.3 Å². The average molecular weight is 516 g/mol. The summed E-state index contributed by atoms with van der Waals surface area (Å²) in [6.45, 7) is 0. The molecule has 25 heavy (non-hydrogen) atoms. The molecule has 0 N–H and O–H groups in total. The van der Waals surface area contributed by atoms with E-state index in [2.05, 4.69) is 65.1 Å². The molecule has 0 atom stereocenters. The number of para-hydroxylation sites is 1. The van der Waals surface area contributed by atoms with Crippen molar-refractivity contribution in [2.75, 3.05) is 0 Å². The van der Waals surface area contributed by atoms with Crippen LogP contribution >= 0.6 is 11.3 Å². The van der Waals surface area contributed by atoms with E-state index in [1.165, 1.54) is 31.2 Å². The van der Waals surface area contributed by atoms with Gasteiger partial charge in [-0.25, -0.2) is 0 Å². The second-order valence-corrected chi connectivity index (χ2v) is 7.03. The first-order valence-corrected chi connectivity index (χ1v) is 8.74. The van der Waals surface area contributed by atoms with E-state index in [1.807, 2.05) is 23.5 Å². The normalized spacial score (nSPS) is 11.7.